The second kappa shape index (κ2) is 6.88. The number of esters is 1. The summed E-state index contributed by atoms with van der Waals surface area (Å²) in [5.74, 6) is -1.70. The molecular weight excluding hydrogens is 184 g/mol. The largest absolute Gasteiger partial charge is 0.478 e. The highest BCUT2D eigenvalue weighted by Crippen LogP contribution is 2.11. The predicted octanol–water partition coefficient (Wildman–Crippen LogP) is 1.73. The lowest BCUT2D eigenvalue weighted by atomic mass is 10.0. The number of aliphatic carboxylic acids is 1. The molecule has 1 unspecified atom stereocenters. The van der Waals surface area contributed by atoms with E-state index in [-0.39, 0.29) is 11.9 Å². The Labute approximate surface area is 82.9 Å². The monoisotopic (exact) mass is 198 g/mol. The number of rotatable bonds is 6. The highest BCUT2D eigenvalue weighted by Gasteiger charge is 2.15. The molecule has 0 aromatic rings. The van der Waals surface area contributed by atoms with Crippen molar-refractivity contribution in [1.29, 1.82) is 0 Å². The smallest absolute Gasteiger partial charge is 0.327 e. The highest BCUT2D eigenvalue weighted by atomic mass is 16.5. The van der Waals surface area contributed by atoms with Crippen LogP contribution in [0.4, 0.5) is 0 Å². The fourth-order valence-corrected chi connectivity index (χ4v) is 0.941. The van der Waals surface area contributed by atoms with Gasteiger partial charge in [0.15, 0.2) is 0 Å². The molecule has 0 radical (unpaired) electrons. The van der Waals surface area contributed by atoms with Gasteiger partial charge >= 0.3 is 11.9 Å². The summed E-state index contributed by atoms with van der Waals surface area (Å²) >= 11 is 0. The van der Waals surface area contributed by atoms with E-state index in [1.807, 2.05) is 6.92 Å². The summed E-state index contributed by atoms with van der Waals surface area (Å²) in [5.41, 5.74) is 0. The summed E-state index contributed by atoms with van der Waals surface area (Å²) in [6, 6.07) is 0. The van der Waals surface area contributed by atoms with Gasteiger partial charge < -0.3 is 9.84 Å². The Hall–Kier alpha value is -1.58. The number of carboxylic acid groups (broad SMARTS) is 1. The fourth-order valence-electron chi connectivity index (χ4n) is 0.941. The van der Waals surface area contributed by atoms with Gasteiger partial charge in [0.1, 0.15) is 0 Å². The van der Waals surface area contributed by atoms with E-state index in [1.54, 1.807) is 0 Å². The summed E-state index contributed by atoms with van der Waals surface area (Å²) < 4.78 is 4.60. The number of carbonyl (C=O) groups is 2. The van der Waals surface area contributed by atoms with Gasteiger partial charge in [-0.3, -0.25) is 4.79 Å². The molecule has 0 spiro atoms. The van der Waals surface area contributed by atoms with Gasteiger partial charge in [-0.15, -0.1) is 0 Å². The van der Waals surface area contributed by atoms with E-state index in [0.29, 0.717) is 12.8 Å². The average molecular weight is 198 g/mol. The standard InChI is InChI=1S/C10H14O4/c1-3-8(10(13)14-4-2)6-5-7-9(11)12/h4-5,7-8H,2-3,6H2,1H3,(H,11,12)/b7-5+. The second-order valence-electron chi connectivity index (χ2n) is 2.69. The molecule has 0 saturated heterocycles. The molecule has 78 valence electrons. The average Bonchev–Trinajstić information content (AvgIpc) is 2.12. The van der Waals surface area contributed by atoms with Crippen LogP contribution in [0.3, 0.4) is 0 Å². The van der Waals surface area contributed by atoms with E-state index in [9.17, 15) is 9.59 Å². The SMILES string of the molecule is C=COC(=O)C(CC)C/C=C/C(=O)O. The number of allylic oxidation sites excluding steroid dienone is 1. The Balaban J connectivity index is 4.08. The molecule has 0 aromatic carbocycles. The van der Waals surface area contributed by atoms with Gasteiger partial charge in [0.25, 0.3) is 0 Å². The Morgan fingerprint density at radius 1 is 1.57 bits per heavy atom. The molecule has 0 saturated carbocycles. The van der Waals surface area contributed by atoms with Crippen LogP contribution in [0.15, 0.2) is 25.0 Å². The van der Waals surface area contributed by atoms with Gasteiger partial charge in [0, 0.05) is 6.08 Å². The van der Waals surface area contributed by atoms with Crippen molar-refractivity contribution in [3.8, 4) is 0 Å². The maximum atomic E-state index is 11.2. The first-order valence-electron chi connectivity index (χ1n) is 4.32. The van der Waals surface area contributed by atoms with Crippen molar-refractivity contribution in [2.75, 3.05) is 0 Å². The van der Waals surface area contributed by atoms with E-state index in [4.69, 9.17) is 5.11 Å². The van der Waals surface area contributed by atoms with Gasteiger partial charge in [0.05, 0.1) is 12.2 Å². The number of hydrogen-bond acceptors (Lipinski definition) is 3. The van der Waals surface area contributed by atoms with Crippen LogP contribution in [-0.4, -0.2) is 17.0 Å². The van der Waals surface area contributed by atoms with Gasteiger partial charge in [-0.05, 0) is 12.8 Å². The summed E-state index contributed by atoms with van der Waals surface area (Å²) in [6.07, 6.45) is 4.52. The number of hydrogen-bond donors (Lipinski definition) is 1. The van der Waals surface area contributed by atoms with Crippen molar-refractivity contribution in [2.24, 2.45) is 5.92 Å². The van der Waals surface area contributed by atoms with Crippen LogP contribution in [0.25, 0.3) is 0 Å². The lowest BCUT2D eigenvalue weighted by molar-refractivity contribution is -0.142. The molecule has 0 amide bonds. The molecule has 4 nitrogen and oxygen atoms in total. The molecule has 4 heteroatoms. The van der Waals surface area contributed by atoms with E-state index in [2.05, 4.69) is 11.3 Å². The zero-order valence-electron chi connectivity index (χ0n) is 8.10. The first-order valence-corrected chi connectivity index (χ1v) is 4.32. The molecule has 0 rings (SSSR count). The third-order valence-corrected chi connectivity index (χ3v) is 1.71. The zero-order valence-corrected chi connectivity index (χ0v) is 8.10. The zero-order chi connectivity index (χ0) is 11.0. The minimum atomic E-state index is -1.02. The molecule has 0 fully saturated rings. The van der Waals surface area contributed by atoms with Crippen LogP contribution in [0.5, 0.6) is 0 Å². The second-order valence-corrected chi connectivity index (χ2v) is 2.69. The van der Waals surface area contributed by atoms with E-state index < -0.39 is 5.97 Å². The number of carboxylic acids is 1. The van der Waals surface area contributed by atoms with Crippen molar-refractivity contribution in [3.63, 3.8) is 0 Å². The van der Waals surface area contributed by atoms with Crippen LogP contribution in [0.1, 0.15) is 19.8 Å². The predicted molar refractivity (Wildman–Crippen MR) is 51.5 cm³/mol. The molecule has 0 aliphatic rings. The van der Waals surface area contributed by atoms with E-state index in [0.717, 1.165) is 12.3 Å². The molecule has 0 aliphatic heterocycles. The third kappa shape index (κ3) is 5.13. The van der Waals surface area contributed by atoms with Crippen molar-refractivity contribution in [1.82, 2.24) is 0 Å². The highest BCUT2D eigenvalue weighted by molar-refractivity contribution is 5.80. The van der Waals surface area contributed by atoms with E-state index in [1.165, 1.54) is 6.08 Å². The normalized spacial score (nSPS) is 12.4. The van der Waals surface area contributed by atoms with E-state index >= 15 is 0 Å². The Kier molecular flexibility index (Phi) is 6.11. The number of carbonyl (C=O) groups excluding carboxylic acids is 1. The molecule has 0 aromatic heterocycles. The minimum absolute atomic E-state index is 0.302. The van der Waals surface area contributed by atoms with Crippen molar-refractivity contribution >= 4 is 11.9 Å². The summed E-state index contributed by atoms with van der Waals surface area (Å²) in [6.45, 7) is 5.11. The van der Waals surface area contributed by atoms with Crippen molar-refractivity contribution in [3.05, 3.63) is 25.0 Å². The maximum Gasteiger partial charge on any atom is 0.327 e. The van der Waals surface area contributed by atoms with Crippen molar-refractivity contribution < 1.29 is 19.4 Å². The molecular formula is C10H14O4. The minimum Gasteiger partial charge on any atom is -0.478 e. The van der Waals surface area contributed by atoms with Gasteiger partial charge in [-0.25, -0.2) is 4.79 Å². The molecule has 0 bridgehead atoms. The summed E-state index contributed by atoms with van der Waals surface area (Å²) in [4.78, 5) is 21.3. The Morgan fingerprint density at radius 2 is 2.21 bits per heavy atom. The van der Waals surface area contributed by atoms with Crippen LogP contribution < -0.4 is 0 Å². The summed E-state index contributed by atoms with van der Waals surface area (Å²) in [7, 11) is 0. The lowest BCUT2D eigenvalue weighted by Gasteiger charge is -2.08. The topological polar surface area (TPSA) is 63.6 Å². The lowest BCUT2D eigenvalue weighted by Crippen LogP contribution is -2.14. The van der Waals surface area contributed by atoms with Crippen molar-refractivity contribution in [2.45, 2.75) is 19.8 Å². The first-order chi connectivity index (χ1) is 6.61. The van der Waals surface area contributed by atoms with Crippen LogP contribution in [0, 0.1) is 5.92 Å². The summed E-state index contributed by atoms with van der Waals surface area (Å²) in [5, 5.41) is 8.32. The van der Waals surface area contributed by atoms with Crippen LogP contribution >= 0.6 is 0 Å². The maximum absolute atomic E-state index is 11.2. The quantitative estimate of drug-likeness (QED) is 0.401. The van der Waals surface area contributed by atoms with Gasteiger partial charge in [-0.2, -0.15) is 0 Å². The molecule has 1 N–H and O–H groups in total. The van der Waals surface area contributed by atoms with Crippen LogP contribution in [-0.2, 0) is 14.3 Å². The van der Waals surface area contributed by atoms with Gasteiger partial charge in [0.2, 0.25) is 0 Å². The molecule has 1 atom stereocenters. The first kappa shape index (κ1) is 12.4. The molecule has 14 heavy (non-hydrogen) atoms. The number of ether oxygens (including phenoxy) is 1. The van der Waals surface area contributed by atoms with Gasteiger partial charge in [-0.1, -0.05) is 19.6 Å². The fraction of sp³-hybridized carbons (Fsp3) is 0.400. The molecule has 0 heterocycles. The van der Waals surface area contributed by atoms with Crippen LogP contribution in [0.2, 0.25) is 0 Å². The Morgan fingerprint density at radius 3 is 2.64 bits per heavy atom. The third-order valence-electron chi connectivity index (χ3n) is 1.71. The Bertz CT molecular complexity index is 243. The molecule has 0 aliphatic carbocycles.